The third-order valence-electron chi connectivity index (χ3n) is 3.09. The summed E-state index contributed by atoms with van der Waals surface area (Å²) in [6.45, 7) is 15.1. The molecule has 0 unspecified atom stereocenters. The molecule has 0 aromatic heterocycles. The molecule has 1 nitrogen and oxygen atoms in total. The fourth-order valence-corrected chi connectivity index (χ4v) is 1.61. The van der Waals surface area contributed by atoms with Crippen LogP contribution in [0.3, 0.4) is 0 Å². The van der Waals surface area contributed by atoms with Gasteiger partial charge < -0.3 is 4.90 Å². The Morgan fingerprint density at radius 2 is 1.43 bits per heavy atom. The SMILES string of the molecule is CCCC(C)(C)N(C)CCC(C)(C)C. The molecule has 1 heteroatoms. The summed E-state index contributed by atoms with van der Waals surface area (Å²) in [7, 11) is 2.25. The molecule has 0 bridgehead atoms. The van der Waals surface area contributed by atoms with Gasteiger partial charge in [-0.3, -0.25) is 0 Å². The van der Waals surface area contributed by atoms with Crippen molar-refractivity contribution in [2.75, 3.05) is 13.6 Å². The first kappa shape index (κ1) is 14.0. The molecule has 0 heterocycles. The van der Waals surface area contributed by atoms with Crippen LogP contribution >= 0.6 is 0 Å². The summed E-state index contributed by atoms with van der Waals surface area (Å²) in [5.74, 6) is 0. The van der Waals surface area contributed by atoms with Crippen molar-refractivity contribution in [3.63, 3.8) is 0 Å². The average molecular weight is 199 g/mol. The van der Waals surface area contributed by atoms with Crippen molar-refractivity contribution in [3.8, 4) is 0 Å². The predicted octanol–water partition coefficient (Wildman–Crippen LogP) is 3.93. The Hall–Kier alpha value is -0.0400. The molecular formula is C13H29N. The Morgan fingerprint density at radius 1 is 0.929 bits per heavy atom. The highest BCUT2D eigenvalue weighted by Crippen LogP contribution is 2.23. The molecule has 0 spiro atoms. The minimum atomic E-state index is 0.361. The third kappa shape index (κ3) is 5.64. The van der Waals surface area contributed by atoms with Crippen molar-refractivity contribution in [3.05, 3.63) is 0 Å². The molecule has 14 heavy (non-hydrogen) atoms. The lowest BCUT2D eigenvalue weighted by atomic mass is 9.90. The number of hydrogen-bond donors (Lipinski definition) is 0. The van der Waals surface area contributed by atoms with E-state index in [-0.39, 0.29) is 0 Å². The molecule has 0 amide bonds. The zero-order valence-corrected chi connectivity index (χ0v) is 11.3. The van der Waals surface area contributed by atoms with Crippen molar-refractivity contribution < 1.29 is 0 Å². The van der Waals surface area contributed by atoms with E-state index >= 15 is 0 Å². The van der Waals surface area contributed by atoms with E-state index in [4.69, 9.17) is 0 Å². The van der Waals surface area contributed by atoms with E-state index in [0.717, 1.165) is 0 Å². The maximum absolute atomic E-state index is 2.50. The standard InChI is InChI=1S/C13H29N/c1-8-9-13(5,6)14(7)11-10-12(2,3)4/h8-11H2,1-7H3. The van der Waals surface area contributed by atoms with Gasteiger partial charge in [-0.1, -0.05) is 34.1 Å². The van der Waals surface area contributed by atoms with E-state index < -0.39 is 0 Å². The molecule has 0 N–H and O–H groups in total. The van der Waals surface area contributed by atoms with Crippen molar-refractivity contribution in [1.29, 1.82) is 0 Å². The van der Waals surface area contributed by atoms with Crippen LogP contribution in [0.15, 0.2) is 0 Å². The Morgan fingerprint density at radius 3 is 1.79 bits per heavy atom. The van der Waals surface area contributed by atoms with Gasteiger partial charge in [0.05, 0.1) is 0 Å². The van der Waals surface area contributed by atoms with Crippen LogP contribution in [0, 0.1) is 5.41 Å². The molecule has 0 aromatic carbocycles. The molecule has 0 aliphatic heterocycles. The summed E-state index contributed by atoms with van der Waals surface area (Å²) >= 11 is 0. The van der Waals surface area contributed by atoms with E-state index in [1.807, 2.05) is 0 Å². The van der Waals surface area contributed by atoms with E-state index in [1.165, 1.54) is 25.8 Å². The zero-order chi connectivity index (χ0) is 11.4. The highest BCUT2D eigenvalue weighted by molar-refractivity contribution is 4.79. The van der Waals surface area contributed by atoms with Gasteiger partial charge in [-0.05, 0) is 45.7 Å². The van der Waals surface area contributed by atoms with Crippen LogP contribution in [-0.2, 0) is 0 Å². The van der Waals surface area contributed by atoms with Gasteiger partial charge in [0.1, 0.15) is 0 Å². The van der Waals surface area contributed by atoms with E-state index in [9.17, 15) is 0 Å². The Balaban J connectivity index is 4.00. The number of hydrogen-bond acceptors (Lipinski definition) is 1. The lowest BCUT2D eigenvalue weighted by molar-refractivity contribution is 0.127. The molecule has 0 atom stereocenters. The van der Waals surface area contributed by atoms with Crippen LogP contribution in [0.1, 0.15) is 60.8 Å². The predicted molar refractivity (Wildman–Crippen MR) is 65.7 cm³/mol. The first-order chi connectivity index (χ1) is 6.19. The van der Waals surface area contributed by atoms with Crippen molar-refractivity contribution in [2.45, 2.75) is 66.3 Å². The molecule has 0 aromatic rings. The van der Waals surface area contributed by atoms with Crippen LogP contribution < -0.4 is 0 Å². The molecule has 0 radical (unpaired) electrons. The second-order valence-corrected chi connectivity index (χ2v) is 6.29. The largest absolute Gasteiger partial charge is 0.301 e. The van der Waals surface area contributed by atoms with Gasteiger partial charge in [-0.25, -0.2) is 0 Å². The topological polar surface area (TPSA) is 3.24 Å². The van der Waals surface area contributed by atoms with Crippen LogP contribution in [0.25, 0.3) is 0 Å². The van der Waals surface area contributed by atoms with Gasteiger partial charge in [0.2, 0.25) is 0 Å². The maximum atomic E-state index is 2.50. The third-order valence-corrected chi connectivity index (χ3v) is 3.09. The van der Waals surface area contributed by atoms with Gasteiger partial charge >= 0.3 is 0 Å². The van der Waals surface area contributed by atoms with Crippen LogP contribution in [0.4, 0.5) is 0 Å². The normalized spacial score (nSPS) is 13.7. The number of rotatable bonds is 5. The summed E-state index contributed by atoms with van der Waals surface area (Å²) in [6.07, 6.45) is 3.83. The molecule has 0 aliphatic rings. The van der Waals surface area contributed by atoms with Gasteiger partial charge in [-0.15, -0.1) is 0 Å². The van der Waals surface area contributed by atoms with E-state index in [1.54, 1.807) is 0 Å². The first-order valence-corrected chi connectivity index (χ1v) is 5.90. The molecule has 0 saturated heterocycles. The molecule has 0 aliphatic carbocycles. The van der Waals surface area contributed by atoms with E-state index in [2.05, 4.69) is 53.5 Å². The quantitative estimate of drug-likeness (QED) is 0.648. The van der Waals surface area contributed by atoms with Gasteiger partial charge in [0.15, 0.2) is 0 Å². The summed E-state index contributed by atoms with van der Waals surface area (Å²) in [4.78, 5) is 2.50. The van der Waals surface area contributed by atoms with Gasteiger partial charge in [-0.2, -0.15) is 0 Å². The lowest BCUT2D eigenvalue weighted by Gasteiger charge is -2.37. The minimum Gasteiger partial charge on any atom is -0.301 e. The van der Waals surface area contributed by atoms with Crippen LogP contribution in [-0.4, -0.2) is 24.0 Å². The van der Waals surface area contributed by atoms with Gasteiger partial charge in [0, 0.05) is 5.54 Å². The molecular weight excluding hydrogens is 170 g/mol. The fraction of sp³-hybridized carbons (Fsp3) is 1.00. The van der Waals surface area contributed by atoms with E-state index in [0.29, 0.717) is 11.0 Å². The summed E-state index contributed by atoms with van der Waals surface area (Å²) in [6, 6.07) is 0. The van der Waals surface area contributed by atoms with Crippen molar-refractivity contribution in [2.24, 2.45) is 5.41 Å². The highest BCUT2D eigenvalue weighted by Gasteiger charge is 2.23. The molecule has 0 saturated carbocycles. The Bertz CT molecular complexity index is 153. The lowest BCUT2D eigenvalue weighted by Crippen LogP contribution is -2.42. The van der Waals surface area contributed by atoms with Crippen molar-refractivity contribution in [1.82, 2.24) is 4.90 Å². The summed E-state index contributed by atoms with van der Waals surface area (Å²) < 4.78 is 0. The second kappa shape index (κ2) is 5.16. The van der Waals surface area contributed by atoms with Crippen molar-refractivity contribution >= 4 is 0 Å². The molecule has 0 fully saturated rings. The molecule has 86 valence electrons. The second-order valence-electron chi connectivity index (χ2n) is 6.29. The first-order valence-electron chi connectivity index (χ1n) is 5.90. The van der Waals surface area contributed by atoms with Gasteiger partial charge in [0.25, 0.3) is 0 Å². The Kier molecular flexibility index (Phi) is 5.14. The maximum Gasteiger partial charge on any atom is 0.0150 e. The fourth-order valence-electron chi connectivity index (χ4n) is 1.61. The van der Waals surface area contributed by atoms with Crippen LogP contribution in [0.5, 0.6) is 0 Å². The summed E-state index contributed by atoms with van der Waals surface area (Å²) in [5, 5.41) is 0. The minimum absolute atomic E-state index is 0.361. The molecule has 0 rings (SSSR count). The summed E-state index contributed by atoms with van der Waals surface area (Å²) in [5.41, 5.74) is 0.816. The average Bonchev–Trinajstić information content (AvgIpc) is 1.98. The monoisotopic (exact) mass is 199 g/mol. The zero-order valence-electron chi connectivity index (χ0n) is 11.3. The van der Waals surface area contributed by atoms with Crippen LogP contribution in [0.2, 0.25) is 0 Å². The Labute approximate surface area is 90.9 Å². The number of nitrogens with zero attached hydrogens (tertiary/aromatic N) is 1. The highest BCUT2D eigenvalue weighted by atomic mass is 15.2. The smallest absolute Gasteiger partial charge is 0.0150 e.